The Morgan fingerprint density at radius 1 is 1.44 bits per heavy atom. The maximum atomic E-state index is 11.6. The van der Waals surface area contributed by atoms with Gasteiger partial charge in [0.1, 0.15) is 5.75 Å². The molecule has 1 amide bonds. The highest BCUT2D eigenvalue weighted by Gasteiger charge is 2.10. The number of ether oxygens (including phenoxy) is 1. The van der Waals surface area contributed by atoms with Crippen molar-refractivity contribution in [2.24, 2.45) is 5.73 Å². The van der Waals surface area contributed by atoms with E-state index >= 15 is 0 Å². The van der Waals surface area contributed by atoms with Gasteiger partial charge in [0.2, 0.25) is 5.91 Å². The summed E-state index contributed by atoms with van der Waals surface area (Å²) >= 11 is 0. The molecule has 0 bridgehead atoms. The summed E-state index contributed by atoms with van der Waals surface area (Å²) in [5.74, 6) is 0.799. The molecule has 0 aliphatic rings. The fraction of sp³-hybridized carbons (Fsp3) is 0.500. The van der Waals surface area contributed by atoms with E-state index in [2.05, 4.69) is 11.4 Å². The van der Waals surface area contributed by atoms with E-state index in [9.17, 15) is 4.79 Å². The van der Waals surface area contributed by atoms with Gasteiger partial charge in [0.25, 0.3) is 0 Å². The lowest BCUT2D eigenvalue weighted by atomic mass is 10.1. The maximum Gasteiger partial charge on any atom is 0.221 e. The second kappa shape index (κ2) is 6.40. The standard InChI is InChI=1S/C14H22N2O2/c1-9-5-10(2)14(18-4)12(6-9)8-16-13(17)7-11(3)15/h5-6,11H,7-8,15H2,1-4H3,(H,16,17). The van der Waals surface area contributed by atoms with Crippen molar-refractivity contribution in [3.8, 4) is 5.75 Å². The average Bonchev–Trinajstić information content (AvgIpc) is 2.24. The number of hydrogen-bond acceptors (Lipinski definition) is 3. The molecule has 1 rings (SSSR count). The van der Waals surface area contributed by atoms with Gasteiger partial charge in [0.05, 0.1) is 7.11 Å². The van der Waals surface area contributed by atoms with E-state index in [1.54, 1.807) is 7.11 Å². The Labute approximate surface area is 109 Å². The molecule has 4 heteroatoms. The van der Waals surface area contributed by atoms with Crippen LogP contribution in [0.3, 0.4) is 0 Å². The number of nitrogens with two attached hydrogens (primary N) is 1. The molecule has 0 fully saturated rings. The number of benzene rings is 1. The lowest BCUT2D eigenvalue weighted by Crippen LogP contribution is -2.29. The largest absolute Gasteiger partial charge is 0.496 e. The normalized spacial score (nSPS) is 12.1. The predicted octanol–water partition coefficient (Wildman–Crippen LogP) is 1.67. The van der Waals surface area contributed by atoms with Crippen LogP contribution in [0.2, 0.25) is 0 Å². The smallest absolute Gasteiger partial charge is 0.221 e. The minimum Gasteiger partial charge on any atom is -0.496 e. The SMILES string of the molecule is COc1c(C)cc(C)cc1CNC(=O)CC(C)N. The van der Waals surface area contributed by atoms with Gasteiger partial charge in [0.15, 0.2) is 0 Å². The van der Waals surface area contributed by atoms with Crippen LogP contribution >= 0.6 is 0 Å². The van der Waals surface area contributed by atoms with Crippen LogP contribution in [0, 0.1) is 13.8 Å². The highest BCUT2D eigenvalue weighted by molar-refractivity contribution is 5.76. The Morgan fingerprint density at radius 2 is 2.11 bits per heavy atom. The number of carbonyl (C=O) groups excluding carboxylic acids is 1. The number of nitrogens with one attached hydrogen (secondary N) is 1. The van der Waals surface area contributed by atoms with E-state index in [1.165, 1.54) is 0 Å². The third kappa shape index (κ3) is 4.04. The second-order valence-corrected chi connectivity index (χ2v) is 4.73. The highest BCUT2D eigenvalue weighted by atomic mass is 16.5. The topological polar surface area (TPSA) is 64.3 Å². The minimum atomic E-state index is -0.119. The number of carbonyl (C=O) groups is 1. The van der Waals surface area contributed by atoms with Crippen LogP contribution in [0.4, 0.5) is 0 Å². The zero-order valence-corrected chi connectivity index (χ0v) is 11.5. The molecule has 100 valence electrons. The molecule has 4 nitrogen and oxygen atoms in total. The summed E-state index contributed by atoms with van der Waals surface area (Å²) in [6.07, 6.45) is 0.340. The lowest BCUT2D eigenvalue weighted by molar-refractivity contribution is -0.121. The predicted molar refractivity (Wildman–Crippen MR) is 72.6 cm³/mol. The molecule has 0 aliphatic heterocycles. The Bertz CT molecular complexity index is 428. The molecule has 0 spiro atoms. The van der Waals surface area contributed by atoms with Crippen LogP contribution in [-0.4, -0.2) is 19.1 Å². The van der Waals surface area contributed by atoms with Crippen LogP contribution in [0.5, 0.6) is 5.75 Å². The Hall–Kier alpha value is -1.55. The summed E-state index contributed by atoms with van der Waals surface area (Å²) < 4.78 is 5.37. The molecule has 18 heavy (non-hydrogen) atoms. The maximum absolute atomic E-state index is 11.6. The van der Waals surface area contributed by atoms with Crippen LogP contribution in [-0.2, 0) is 11.3 Å². The van der Waals surface area contributed by atoms with Crippen molar-refractivity contribution in [1.82, 2.24) is 5.32 Å². The molecule has 1 unspecified atom stereocenters. The van der Waals surface area contributed by atoms with E-state index in [0.717, 1.165) is 22.4 Å². The fourth-order valence-corrected chi connectivity index (χ4v) is 2.02. The Kier molecular flexibility index (Phi) is 5.16. The van der Waals surface area contributed by atoms with Crippen LogP contribution in [0.15, 0.2) is 12.1 Å². The zero-order valence-electron chi connectivity index (χ0n) is 11.5. The van der Waals surface area contributed by atoms with Gasteiger partial charge < -0.3 is 15.8 Å². The van der Waals surface area contributed by atoms with Crippen molar-refractivity contribution >= 4 is 5.91 Å². The Morgan fingerprint density at radius 3 is 2.67 bits per heavy atom. The molecule has 0 aliphatic carbocycles. The molecule has 0 aromatic heterocycles. The van der Waals surface area contributed by atoms with Gasteiger partial charge in [-0.2, -0.15) is 0 Å². The van der Waals surface area contributed by atoms with Crippen LogP contribution < -0.4 is 15.8 Å². The van der Waals surface area contributed by atoms with Crippen molar-refractivity contribution in [1.29, 1.82) is 0 Å². The quantitative estimate of drug-likeness (QED) is 0.835. The summed E-state index contributed by atoms with van der Waals surface area (Å²) in [4.78, 5) is 11.6. The molecule has 0 saturated heterocycles. The second-order valence-electron chi connectivity index (χ2n) is 4.73. The summed E-state index contributed by atoms with van der Waals surface area (Å²) in [6, 6.07) is 3.97. The first-order valence-electron chi connectivity index (χ1n) is 6.10. The zero-order chi connectivity index (χ0) is 13.7. The number of amides is 1. The number of rotatable bonds is 5. The summed E-state index contributed by atoms with van der Waals surface area (Å²) in [6.45, 7) is 6.31. The first kappa shape index (κ1) is 14.5. The first-order valence-corrected chi connectivity index (χ1v) is 6.10. The molecular weight excluding hydrogens is 228 g/mol. The third-order valence-corrected chi connectivity index (χ3v) is 2.68. The number of methoxy groups -OCH3 is 1. The van der Waals surface area contributed by atoms with E-state index in [0.29, 0.717) is 13.0 Å². The van der Waals surface area contributed by atoms with Gasteiger partial charge in [-0.15, -0.1) is 0 Å². The number of aryl methyl sites for hydroxylation is 2. The van der Waals surface area contributed by atoms with E-state index < -0.39 is 0 Å². The number of hydrogen-bond donors (Lipinski definition) is 2. The summed E-state index contributed by atoms with van der Waals surface area (Å²) in [7, 11) is 1.64. The summed E-state index contributed by atoms with van der Waals surface area (Å²) in [5.41, 5.74) is 8.81. The van der Waals surface area contributed by atoms with Crippen LogP contribution in [0.1, 0.15) is 30.0 Å². The molecule has 1 aromatic carbocycles. The molecule has 3 N–H and O–H groups in total. The average molecular weight is 250 g/mol. The van der Waals surface area contributed by atoms with Crippen molar-refractivity contribution in [3.63, 3.8) is 0 Å². The summed E-state index contributed by atoms with van der Waals surface area (Å²) in [5, 5.41) is 2.86. The monoisotopic (exact) mass is 250 g/mol. The molecule has 1 aromatic rings. The molecule has 0 saturated carbocycles. The van der Waals surface area contributed by atoms with Crippen molar-refractivity contribution in [2.45, 2.75) is 39.8 Å². The molecule has 1 atom stereocenters. The third-order valence-electron chi connectivity index (χ3n) is 2.68. The van der Waals surface area contributed by atoms with E-state index in [1.807, 2.05) is 26.8 Å². The van der Waals surface area contributed by atoms with E-state index in [4.69, 9.17) is 10.5 Å². The van der Waals surface area contributed by atoms with Gasteiger partial charge >= 0.3 is 0 Å². The fourth-order valence-electron chi connectivity index (χ4n) is 2.02. The van der Waals surface area contributed by atoms with Gasteiger partial charge in [0, 0.05) is 24.6 Å². The first-order chi connectivity index (χ1) is 8.43. The van der Waals surface area contributed by atoms with Gasteiger partial charge in [-0.3, -0.25) is 4.79 Å². The van der Waals surface area contributed by atoms with Crippen molar-refractivity contribution in [3.05, 3.63) is 28.8 Å². The van der Waals surface area contributed by atoms with Crippen LogP contribution in [0.25, 0.3) is 0 Å². The van der Waals surface area contributed by atoms with Gasteiger partial charge in [-0.05, 0) is 26.3 Å². The highest BCUT2D eigenvalue weighted by Crippen LogP contribution is 2.24. The Balaban J connectivity index is 2.75. The molecule has 0 heterocycles. The van der Waals surface area contributed by atoms with Gasteiger partial charge in [-0.1, -0.05) is 17.7 Å². The molecular formula is C14H22N2O2. The minimum absolute atomic E-state index is 0.0359. The van der Waals surface area contributed by atoms with Gasteiger partial charge in [-0.25, -0.2) is 0 Å². The van der Waals surface area contributed by atoms with Crippen molar-refractivity contribution < 1.29 is 9.53 Å². The lowest BCUT2D eigenvalue weighted by Gasteiger charge is -2.14. The van der Waals surface area contributed by atoms with Crippen molar-refractivity contribution in [2.75, 3.05) is 7.11 Å². The van der Waals surface area contributed by atoms with E-state index in [-0.39, 0.29) is 11.9 Å². The molecule has 0 radical (unpaired) electrons.